The molecule has 8 heteroatoms. The number of nitrogens with two attached hydrogens (primary N) is 1. The first-order valence-corrected chi connectivity index (χ1v) is 6.23. The molecule has 1 amide bonds. The van der Waals surface area contributed by atoms with Gasteiger partial charge in [0.15, 0.2) is 0 Å². The van der Waals surface area contributed by atoms with Gasteiger partial charge in [0.1, 0.15) is 0 Å². The van der Waals surface area contributed by atoms with Gasteiger partial charge in [-0.3, -0.25) is 14.9 Å². The van der Waals surface area contributed by atoms with E-state index in [0.29, 0.717) is 23.1 Å². The van der Waals surface area contributed by atoms with Crippen molar-refractivity contribution in [3.8, 4) is 0 Å². The van der Waals surface area contributed by atoms with Gasteiger partial charge >= 0.3 is 0 Å². The molecule has 0 spiro atoms. The van der Waals surface area contributed by atoms with Gasteiger partial charge in [0.05, 0.1) is 11.3 Å². The highest BCUT2D eigenvalue weighted by molar-refractivity contribution is 9.10. The number of nitro benzene ring substituents is 1. The van der Waals surface area contributed by atoms with E-state index >= 15 is 0 Å². The predicted octanol–water partition coefficient (Wildman–Crippen LogP) is 1.79. The van der Waals surface area contributed by atoms with Crippen LogP contribution in [-0.4, -0.2) is 23.9 Å². The monoisotopic (exact) mass is 351 g/mol. The molecule has 1 aromatic carbocycles. The molecule has 0 bridgehead atoms. The highest BCUT2D eigenvalue weighted by Gasteiger charge is 2.11. The smallest absolute Gasteiger partial charge is 0.270 e. The van der Waals surface area contributed by atoms with E-state index in [0.717, 1.165) is 6.42 Å². The number of hydrogen-bond donors (Lipinski definition) is 2. The molecular weight excluding hydrogens is 337 g/mol. The Kier molecular flexibility index (Phi) is 8.29. The Labute approximate surface area is 125 Å². The van der Waals surface area contributed by atoms with E-state index < -0.39 is 4.92 Å². The molecule has 0 radical (unpaired) electrons. The second-order valence-electron chi connectivity index (χ2n) is 3.70. The van der Waals surface area contributed by atoms with Crippen molar-refractivity contribution in [2.75, 3.05) is 13.1 Å². The number of carbonyl (C=O) groups is 1. The Balaban J connectivity index is 0.00000324. The molecule has 0 unspecified atom stereocenters. The molecule has 0 aliphatic rings. The van der Waals surface area contributed by atoms with Crippen molar-refractivity contribution in [2.45, 2.75) is 12.8 Å². The lowest BCUT2D eigenvalue weighted by atomic mass is 10.1. The zero-order valence-electron chi connectivity index (χ0n) is 10.1. The van der Waals surface area contributed by atoms with Crippen LogP contribution < -0.4 is 11.1 Å². The molecule has 0 aliphatic carbocycles. The van der Waals surface area contributed by atoms with Crippen molar-refractivity contribution in [1.82, 2.24) is 5.32 Å². The molecule has 0 atom stereocenters. The van der Waals surface area contributed by atoms with E-state index in [-0.39, 0.29) is 30.4 Å². The van der Waals surface area contributed by atoms with Crippen LogP contribution in [-0.2, 0) is 11.2 Å². The van der Waals surface area contributed by atoms with Gasteiger partial charge in [-0.2, -0.15) is 0 Å². The average molecular weight is 353 g/mol. The summed E-state index contributed by atoms with van der Waals surface area (Å²) >= 11 is 3.22. The molecule has 1 rings (SSSR count). The summed E-state index contributed by atoms with van der Waals surface area (Å²) in [5.41, 5.74) is 6.02. The zero-order chi connectivity index (χ0) is 13.5. The fourth-order valence-electron chi connectivity index (χ4n) is 1.36. The Morgan fingerprint density at radius 2 is 2.16 bits per heavy atom. The third-order valence-corrected chi connectivity index (χ3v) is 3.04. The molecule has 0 fully saturated rings. The summed E-state index contributed by atoms with van der Waals surface area (Å²) in [4.78, 5) is 21.6. The first kappa shape index (κ1) is 17.8. The van der Waals surface area contributed by atoms with Crippen molar-refractivity contribution in [2.24, 2.45) is 5.73 Å². The third-order valence-electron chi connectivity index (χ3n) is 2.30. The molecule has 19 heavy (non-hydrogen) atoms. The first-order chi connectivity index (χ1) is 8.54. The number of hydrogen-bond acceptors (Lipinski definition) is 4. The number of amides is 1. The highest BCUT2D eigenvalue weighted by atomic mass is 79.9. The maximum Gasteiger partial charge on any atom is 0.270 e. The van der Waals surface area contributed by atoms with E-state index in [1.165, 1.54) is 12.1 Å². The molecular formula is C11H15BrClN3O3. The fourth-order valence-corrected chi connectivity index (χ4v) is 1.87. The number of rotatable bonds is 6. The topological polar surface area (TPSA) is 98.3 Å². The van der Waals surface area contributed by atoms with Gasteiger partial charge in [0.25, 0.3) is 5.69 Å². The largest absolute Gasteiger partial charge is 0.356 e. The highest BCUT2D eigenvalue weighted by Crippen LogP contribution is 2.23. The number of non-ortho nitro benzene ring substituents is 1. The van der Waals surface area contributed by atoms with Crippen LogP contribution in [0.2, 0.25) is 0 Å². The molecule has 0 saturated heterocycles. The number of carbonyl (C=O) groups excluding carboxylic acids is 1. The van der Waals surface area contributed by atoms with Gasteiger partial charge in [0, 0.05) is 23.2 Å². The average Bonchev–Trinajstić information content (AvgIpc) is 2.32. The second kappa shape index (κ2) is 8.84. The quantitative estimate of drug-likeness (QED) is 0.463. The Morgan fingerprint density at radius 1 is 1.47 bits per heavy atom. The summed E-state index contributed by atoms with van der Waals surface area (Å²) in [5.74, 6) is -0.127. The lowest BCUT2D eigenvalue weighted by molar-refractivity contribution is -0.384. The summed E-state index contributed by atoms with van der Waals surface area (Å²) in [6.07, 6.45) is 0.913. The lowest BCUT2D eigenvalue weighted by Crippen LogP contribution is -2.27. The van der Waals surface area contributed by atoms with Crippen molar-refractivity contribution in [1.29, 1.82) is 0 Å². The normalized spacial score (nSPS) is 9.58. The van der Waals surface area contributed by atoms with Crippen LogP contribution in [0.5, 0.6) is 0 Å². The summed E-state index contributed by atoms with van der Waals surface area (Å²) in [7, 11) is 0. The summed E-state index contributed by atoms with van der Waals surface area (Å²) in [6, 6.07) is 4.35. The molecule has 0 aromatic heterocycles. The van der Waals surface area contributed by atoms with Crippen LogP contribution in [0.25, 0.3) is 0 Å². The van der Waals surface area contributed by atoms with Gasteiger partial charge in [-0.25, -0.2) is 0 Å². The first-order valence-electron chi connectivity index (χ1n) is 5.44. The summed E-state index contributed by atoms with van der Waals surface area (Å²) in [5, 5.41) is 13.3. The van der Waals surface area contributed by atoms with Crippen molar-refractivity contribution in [3.63, 3.8) is 0 Å². The standard InChI is InChI=1S/C11H14BrN3O3.ClH/c12-10-7-9(15(17)18)3-2-8(10)6-11(16)14-5-1-4-13;/h2-3,7H,1,4-6,13H2,(H,14,16);1H. The molecule has 0 saturated carbocycles. The van der Waals surface area contributed by atoms with Crippen LogP contribution in [0.15, 0.2) is 22.7 Å². The maximum atomic E-state index is 11.6. The molecule has 0 heterocycles. The number of nitrogens with zero attached hydrogens (tertiary/aromatic N) is 1. The van der Waals surface area contributed by atoms with Gasteiger partial charge in [0.2, 0.25) is 5.91 Å². The van der Waals surface area contributed by atoms with Gasteiger partial charge < -0.3 is 11.1 Å². The van der Waals surface area contributed by atoms with Gasteiger partial charge in [-0.15, -0.1) is 12.4 Å². The van der Waals surface area contributed by atoms with E-state index in [9.17, 15) is 14.9 Å². The zero-order valence-corrected chi connectivity index (χ0v) is 12.5. The van der Waals surface area contributed by atoms with Crippen molar-refractivity contribution >= 4 is 39.9 Å². The van der Waals surface area contributed by atoms with E-state index in [2.05, 4.69) is 21.2 Å². The Morgan fingerprint density at radius 3 is 2.68 bits per heavy atom. The Hall–Kier alpha value is -1.18. The van der Waals surface area contributed by atoms with Crippen LogP contribution in [0.1, 0.15) is 12.0 Å². The molecule has 6 nitrogen and oxygen atoms in total. The number of halogens is 2. The second-order valence-corrected chi connectivity index (χ2v) is 4.56. The molecule has 3 N–H and O–H groups in total. The van der Waals surface area contributed by atoms with Crippen molar-refractivity contribution < 1.29 is 9.72 Å². The van der Waals surface area contributed by atoms with Gasteiger partial charge in [-0.05, 0) is 18.5 Å². The van der Waals surface area contributed by atoms with Gasteiger partial charge in [-0.1, -0.05) is 22.0 Å². The predicted molar refractivity (Wildman–Crippen MR) is 78.4 cm³/mol. The van der Waals surface area contributed by atoms with Crippen LogP contribution in [0.3, 0.4) is 0 Å². The minimum absolute atomic E-state index is 0. The summed E-state index contributed by atoms with van der Waals surface area (Å²) < 4.78 is 0.561. The minimum Gasteiger partial charge on any atom is -0.356 e. The SMILES string of the molecule is Cl.NCCCNC(=O)Cc1ccc([N+](=O)[O-])cc1Br. The van der Waals surface area contributed by atoms with Crippen LogP contribution >= 0.6 is 28.3 Å². The van der Waals surface area contributed by atoms with E-state index in [4.69, 9.17) is 5.73 Å². The number of benzene rings is 1. The Bertz CT molecular complexity index is 457. The lowest BCUT2D eigenvalue weighted by Gasteiger charge is -2.06. The molecule has 0 aliphatic heterocycles. The van der Waals surface area contributed by atoms with Crippen LogP contribution in [0, 0.1) is 10.1 Å². The third kappa shape index (κ3) is 6.00. The maximum absolute atomic E-state index is 11.6. The summed E-state index contributed by atoms with van der Waals surface area (Å²) in [6.45, 7) is 1.07. The van der Waals surface area contributed by atoms with Crippen molar-refractivity contribution in [3.05, 3.63) is 38.3 Å². The molecule has 106 valence electrons. The fraction of sp³-hybridized carbons (Fsp3) is 0.364. The van der Waals surface area contributed by atoms with E-state index in [1.807, 2.05) is 0 Å². The number of nitro groups is 1. The van der Waals surface area contributed by atoms with E-state index in [1.54, 1.807) is 6.07 Å². The van der Waals surface area contributed by atoms with Crippen LogP contribution in [0.4, 0.5) is 5.69 Å². The minimum atomic E-state index is -0.476. The molecule has 1 aromatic rings. The number of nitrogens with one attached hydrogen (secondary N) is 1.